The maximum atomic E-state index is 12.3. The van der Waals surface area contributed by atoms with E-state index in [1.807, 2.05) is 6.92 Å². The summed E-state index contributed by atoms with van der Waals surface area (Å²) < 4.78 is 39.6. The molecule has 1 aromatic carbocycles. The number of aromatic nitrogens is 2. The number of aryl methyl sites for hydroxylation is 1. The van der Waals surface area contributed by atoms with Gasteiger partial charge in [-0.2, -0.15) is 5.10 Å². The number of ether oxygens (including phenoxy) is 2. The summed E-state index contributed by atoms with van der Waals surface area (Å²) in [6, 6.07) is 4.54. The Bertz CT molecular complexity index is 755. The van der Waals surface area contributed by atoms with Crippen molar-refractivity contribution < 1.29 is 17.9 Å². The lowest BCUT2D eigenvalue weighted by Gasteiger charge is -2.18. The zero-order chi connectivity index (χ0) is 14.9. The Balaban J connectivity index is 1.87. The number of sulfonamides is 1. The maximum Gasteiger partial charge on any atom is 0.262 e. The van der Waals surface area contributed by atoms with Gasteiger partial charge in [0.15, 0.2) is 11.5 Å². The van der Waals surface area contributed by atoms with Crippen LogP contribution in [0.15, 0.2) is 35.5 Å². The molecule has 2 heterocycles. The summed E-state index contributed by atoms with van der Waals surface area (Å²) in [7, 11) is -3.68. The van der Waals surface area contributed by atoms with E-state index >= 15 is 0 Å². The molecule has 0 spiro atoms. The first kappa shape index (κ1) is 13.7. The molecule has 0 radical (unpaired) electrons. The predicted octanol–water partition coefficient (Wildman–Crippen LogP) is 1.47. The monoisotopic (exact) mass is 309 g/mol. The van der Waals surface area contributed by atoms with Crippen LogP contribution in [0.25, 0.3) is 0 Å². The molecule has 7 nitrogen and oxygen atoms in total. The molecule has 0 unspecified atom stereocenters. The van der Waals surface area contributed by atoms with E-state index in [2.05, 4.69) is 9.82 Å². The lowest BCUT2D eigenvalue weighted by atomic mass is 10.3. The molecule has 0 saturated heterocycles. The SMILES string of the molecule is CCn1cc(NS(=O)(=O)c2ccc3c(c2)OCCO3)cn1. The van der Waals surface area contributed by atoms with E-state index in [9.17, 15) is 8.42 Å². The number of hydrogen-bond acceptors (Lipinski definition) is 5. The third-order valence-electron chi connectivity index (χ3n) is 3.03. The van der Waals surface area contributed by atoms with E-state index in [0.717, 1.165) is 0 Å². The van der Waals surface area contributed by atoms with Crippen LogP contribution in [0.2, 0.25) is 0 Å². The molecule has 8 heteroatoms. The summed E-state index contributed by atoms with van der Waals surface area (Å²) in [5.74, 6) is 0.993. The minimum atomic E-state index is -3.68. The fourth-order valence-corrected chi connectivity index (χ4v) is 3.04. The Labute approximate surface area is 122 Å². The van der Waals surface area contributed by atoms with E-state index in [1.54, 1.807) is 16.9 Å². The number of nitrogens with one attached hydrogen (secondary N) is 1. The summed E-state index contributed by atoms with van der Waals surface area (Å²) in [5.41, 5.74) is 0.423. The molecule has 3 rings (SSSR count). The van der Waals surface area contributed by atoms with Crippen molar-refractivity contribution in [3.8, 4) is 11.5 Å². The zero-order valence-corrected chi connectivity index (χ0v) is 12.3. The number of nitrogens with zero attached hydrogens (tertiary/aromatic N) is 2. The molecule has 1 aliphatic rings. The third-order valence-corrected chi connectivity index (χ3v) is 4.41. The minimum absolute atomic E-state index is 0.121. The van der Waals surface area contributed by atoms with Crippen molar-refractivity contribution in [3.05, 3.63) is 30.6 Å². The molecule has 112 valence electrons. The lowest BCUT2D eigenvalue weighted by Crippen LogP contribution is -2.17. The van der Waals surface area contributed by atoms with Crippen molar-refractivity contribution in [3.63, 3.8) is 0 Å². The summed E-state index contributed by atoms with van der Waals surface area (Å²) in [6.07, 6.45) is 3.11. The van der Waals surface area contributed by atoms with E-state index in [4.69, 9.17) is 9.47 Å². The van der Waals surface area contributed by atoms with Crippen LogP contribution < -0.4 is 14.2 Å². The van der Waals surface area contributed by atoms with Gasteiger partial charge in [0, 0.05) is 18.8 Å². The van der Waals surface area contributed by atoms with Gasteiger partial charge in [-0.1, -0.05) is 0 Å². The molecule has 0 atom stereocenters. The molecule has 0 aliphatic carbocycles. The van der Waals surface area contributed by atoms with Crippen molar-refractivity contribution in [1.29, 1.82) is 0 Å². The standard InChI is InChI=1S/C13H15N3O4S/c1-2-16-9-10(8-14-16)15-21(17,18)11-3-4-12-13(7-11)20-6-5-19-12/h3-4,7-9,15H,2,5-6H2,1H3. The van der Waals surface area contributed by atoms with Gasteiger partial charge >= 0.3 is 0 Å². The second-order valence-electron chi connectivity index (χ2n) is 4.50. The van der Waals surface area contributed by atoms with Gasteiger partial charge in [-0.05, 0) is 19.1 Å². The minimum Gasteiger partial charge on any atom is -0.486 e. The van der Waals surface area contributed by atoms with Gasteiger partial charge in [0.05, 0.1) is 16.8 Å². The first-order valence-corrected chi connectivity index (χ1v) is 8.02. The molecule has 0 bridgehead atoms. The normalized spacial score (nSPS) is 14.0. The van der Waals surface area contributed by atoms with Crippen LogP contribution in [0, 0.1) is 0 Å². The average Bonchev–Trinajstić information content (AvgIpc) is 2.93. The van der Waals surface area contributed by atoms with Crippen LogP contribution in [0.1, 0.15) is 6.92 Å². The van der Waals surface area contributed by atoms with Crippen molar-refractivity contribution in [2.45, 2.75) is 18.4 Å². The Kier molecular flexibility index (Phi) is 3.46. The van der Waals surface area contributed by atoms with E-state index in [1.165, 1.54) is 18.3 Å². The molecule has 1 aromatic heterocycles. The van der Waals surface area contributed by atoms with Crippen LogP contribution in [-0.4, -0.2) is 31.4 Å². The fraction of sp³-hybridized carbons (Fsp3) is 0.308. The highest BCUT2D eigenvalue weighted by Gasteiger charge is 2.19. The fourth-order valence-electron chi connectivity index (χ4n) is 1.99. The Hall–Kier alpha value is -2.22. The molecule has 0 fully saturated rings. The average molecular weight is 309 g/mol. The zero-order valence-electron chi connectivity index (χ0n) is 11.4. The summed E-state index contributed by atoms with van der Waals surface area (Å²) in [4.78, 5) is 0.121. The molecule has 21 heavy (non-hydrogen) atoms. The predicted molar refractivity (Wildman–Crippen MR) is 76.1 cm³/mol. The van der Waals surface area contributed by atoms with Gasteiger partial charge in [0.1, 0.15) is 13.2 Å². The van der Waals surface area contributed by atoms with Gasteiger partial charge in [0.2, 0.25) is 0 Å². The van der Waals surface area contributed by atoms with Gasteiger partial charge in [-0.15, -0.1) is 0 Å². The molecule has 0 amide bonds. The molecule has 1 aliphatic heterocycles. The van der Waals surface area contributed by atoms with Crippen molar-refractivity contribution >= 4 is 15.7 Å². The van der Waals surface area contributed by atoms with Gasteiger partial charge < -0.3 is 9.47 Å². The van der Waals surface area contributed by atoms with Crippen molar-refractivity contribution in [2.75, 3.05) is 17.9 Å². The number of fused-ring (bicyclic) bond motifs is 1. The molecular formula is C13H15N3O4S. The van der Waals surface area contributed by atoms with Crippen LogP contribution in [-0.2, 0) is 16.6 Å². The van der Waals surface area contributed by atoms with Crippen LogP contribution >= 0.6 is 0 Å². The number of benzene rings is 1. The Morgan fingerprint density at radius 2 is 2.05 bits per heavy atom. The van der Waals surface area contributed by atoms with E-state index < -0.39 is 10.0 Å². The summed E-state index contributed by atoms with van der Waals surface area (Å²) >= 11 is 0. The largest absolute Gasteiger partial charge is 0.486 e. The summed E-state index contributed by atoms with van der Waals surface area (Å²) in [6.45, 7) is 3.47. The second kappa shape index (κ2) is 5.28. The van der Waals surface area contributed by atoms with Crippen molar-refractivity contribution in [1.82, 2.24) is 9.78 Å². The maximum absolute atomic E-state index is 12.3. The molecule has 0 saturated carbocycles. The first-order chi connectivity index (χ1) is 10.1. The van der Waals surface area contributed by atoms with Crippen LogP contribution in [0.4, 0.5) is 5.69 Å². The highest BCUT2D eigenvalue weighted by Crippen LogP contribution is 2.32. The molecular weight excluding hydrogens is 294 g/mol. The highest BCUT2D eigenvalue weighted by atomic mass is 32.2. The Morgan fingerprint density at radius 3 is 2.76 bits per heavy atom. The molecule has 1 N–H and O–H groups in total. The van der Waals surface area contributed by atoms with Crippen LogP contribution in [0.5, 0.6) is 11.5 Å². The van der Waals surface area contributed by atoms with Crippen LogP contribution in [0.3, 0.4) is 0 Å². The van der Waals surface area contributed by atoms with Gasteiger partial charge in [-0.3, -0.25) is 9.40 Å². The Morgan fingerprint density at radius 1 is 1.29 bits per heavy atom. The number of hydrogen-bond donors (Lipinski definition) is 1. The molecule has 2 aromatic rings. The first-order valence-electron chi connectivity index (χ1n) is 6.53. The topological polar surface area (TPSA) is 82.5 Å². The van der Waals surface area contributed by atoms with Gasteiger partial charge in [-0.25, -0.2) is 8.42 Å². The van der Waals surface area contributed by atoms with Crippen molar-refractivity contribution in [2.24, 2.45) is 0 Å². The number of rotatable bonds is 4. The summed E-state index contributed by atoms with van der Waals surface area (Å²) in [5, 5.41) is 4.03. The lowest BCUT2D eigenvalue weighted by molar-refractivity contribution is 0.171. The quantitative estimate of drug-likeness (QED) is 0.925. The van der Waals surface area contributed by atoms with E-state index in [0.29, 0.717) is 36.9 Å². The van der Waals surface area contributed by atoms with E-state index in [-0.39, 0.29) is 4.90 Å². The second-order valence-corrected chi connectivity index (χ2v) is 6.18. The number of anilines is 1. The third kappa shape index (κ3) is 2.80. The highest BCUT2D eigenvalue weighted by molar-refractivity contribution is 7.92. The smallest absolute Gasteiger partial charge is 0.262 e. The van der Waals surface area contributed by atoms with Gasteiger partial charge in [0.25, 0.3) is 10.0 Å².